The van der Waals surface area contributed by atoms with Crippen LogP contribution < -0.4 is 10.1 Å². The largest absolute Gasteiger partial charge is 0.484 e. The molecule has 0 radical (unpaired) electrons. The highest BCUT2D eigenvalue weighted by Crippen LogP contribution is 2.16. The molecule has 2 rings (SSSR count). The molecular weight excluding hydrogens is 344 g/mol. The summed E-state index contributed by atoms with van der Waals surface area (Å²) in [5.41, 5.74) is 1.52. The van der Waals surface area contributed by atoms with E-state index < -0.39 is 0 Å². The molecule has 2 aromatic rings. The lowest BCUT2D eigenvalue weighted by Gasteiger charge is -2.15. The summed E-state index contributed by atoms with van der Waals surface area (Å²) in [6, 6.07) is 16.4. The number of ether oxygens (including phenoxy) is 1. The van der Waals surface area contributed by atoms with Gasteiger partial charge in [0.2, 0.25) is 0 Å². The fourth-order valence-corrected chi connectivity index (χ4v) is 2.19. The van der Waals surface area contributed by atoms with Crippen molar-refractivity contribution in [3.8, 4) is 11.8 Å². The highest BCUT2D eigenvalue weighted by molar-refractivity contribution is 9.10. The molecule has 0 bridgehead atoms. The maximum absolute atomic E-state index is 11.9. The third kappa shape index (κ3) is 4.61. The summed E-state index contributed by atoms with van der Waals surface area (Å²) < 4.78 is 6.39. The molecule has 1 N–H and O–H groups in total. The van der Waals surface area contributed by atoms with Crippen molar-refractivity contribution in [3.05, 3.63) is 64.1 Å². The number of halogens is 1. The third-order valence-electron chi connectivity index (χ3n) is 3.08. The molecule has 0 aromatic heterocycles. The van der Waals surface area contributed by atoms with Gasteiger partial charge in [-0.1, -0.05) is 34.1 Å². The number of hydrogen-bond donors (Lipinski definition) is 1. The van der Waals surface area contributed by atoms with E-state index in [1.807, 2.05) is 37.3 Å². The predicted octanol–water partition coefficient (Wildman–Crippen LogP) is 3.58. The summed E-state index contributed by atoms with van der Waals surface area (Å²) in [4.78, 5) is 11.9. The van der Waals surface area contributed by atoms with Crippen LogP contribution >= 0.6 is 15.9 Å². The molecule has 0 saturated heterocycles. The zero-order valence-electron chi connectivity index (χ0n) is 12.0. The van der Waals surface area contributed by atoms with E-state index in [1.165, 1.54) is 0 Å². The van der Waals surface area contributed by atoms with Gasteiger partial charge in [-0.25, -0.2) is 0 Å². The summed E-state index contributed by atoms with van der Waals surface area (Å²) in [6.45, 7) is 1.83. The van der Waals surface area contributed by atoms with E-state index in [0.717, 1.165) is 10.0 Å². The second-order valence-corrected chi connectivity index (χ2v) is 5.68. The first-order chi connectivity index (χ1) is 10.6. The summed E-state index contributed by atoms with van der Waals surface area (Å²) in [5.74, 6) is 0.295. The molecule has 4 nitrogen and oxygen atoms in total. The average molecular weight is 359 g/mol. The summed E-state index contributed by atoms with van der Waals surface area (Å²) in [5, 5.41) is 11.7. The molecule has 1 atom stereocenters. The van der Waals surface area contributed by atoms with Crippen LogP contribution in [0, 0.1) is 11.3 Å². The molecule has 112 valence electrons. The first-order valence-electron chi connectivity index (χ1n) is 6.76. The smallest absolute Gasteiger partial charge is 0.258 e. The first kappa shape index (κ1) is 16.1. The van der Waals surface area contributed by atoms with Gasteiger partial charge in [-0.3, -0.25) is 4.79 Å². The Kier molecular flexibility index (Phi) is 5.56. The number of hydrogen-bond acceptors (Lipinski definition) is 3. The molecule has 2 aromatic carbocycles. The van der Waals surface area contributed by atoms with Gasteiger partial charge in [0.15, 0.2) is 6.61 Å². The first-order valence-corrected chi connectivity index (χ1v) is 7.55. The molecular formula is C17H15BrN2O2. The molecule has 1 unspecified atom stereocenters. The van der Waals surface area contributed by atoms with Crippen molar-refractivity contribution in [1.82, 2.24) is 5.32 Å². The van der Waals surface area contributed by atoms with Crippen molar-refractivity contribution in [1.29, 1.82) is 5.26 Å². The Morgan fingerprint density at radius 3 is 2.73 bits per heavy atom. The van der Waals surface area contributed by atoms with Crippen molar-refractivity contribution in [2.75, 3.05) is 6.61 Å². The van der Waals surface area contributed by atoms with Gasteiger partial charge in [0.25, 0.3) is 5.91 Å². The lowest BCUT2D eigenvalue weighted by Crippen LogP contribution is -2.31. The van der Waals surface area contributed by atoms with Crippen molar-refractivity contribution in [2.24, 2.45) is 0 Å². The zero-order chi connectivity index (χ0) is 15.9. The normalized spacial score (nSPS) is 11.3. The number of nitrogens with one attached hydrogen (secondary N) is 1. The van der Waals surface area contributed by atoms with Crippen LogP contribution in [0.5, 0.6) is 5.75 Å². The number of benzene rings is 2. The monoisotopic (exact) mass is 358 g/mol. The van der Waals surface area contributed by atoms with E-state index >= 15 is 0 Å². The zero-order valence-corrected chi connectivity index (χ0v) is 13.6. The molecule has 0 aliphatic carbocycles. The topological polar surface area (TPSA) is 62.1 Å². The van der Waals surface area contributed by atoms with E-state index in [2.05, 4.69) is 21.2 Å². The van der Waals surface area contributed by atoms with Gasteiger partial charge in [-0.15, -0.1) is 0 Å². The molecule has 0 fully saturated rings. The summed E-state index contributed by atoms with van der Waals surface area (Å²) in [6.07, 6.45) is 0. The molecule has 0 aliphatic heterocycles. The maximum Gasteiger partial charge on any atom is 0.258 e. The molecule has 22 heavy (non-hydrogen) atoms. The average Bonchev–Trinajstić information content (AvgIpc) is 2.53. The van der Waals surface area contributed by atoms with Crippen molar-refractivity contribution >= 4 is 21.8 Å². The lowest BCUT2D eigenvalue weighted by atomic mass is 10.1. The van der Waals surface area contributed by atoms with Crippen LogP contribution in [0.15, 0.2) is 53.0 Å². The summed E-state index contributed by atoms with van der Waals surface area (Å²) in [7, 11) is 0. The van der Waals surface area contributed by atoms with Gasteiger partial charge in [0, 0.05) is 4.47 Å². The Morgan fingerprint density at radius 2 is 2.05 bits per heavy atom. The molecule has 0 saturated carbocycles. The summed E-state index contributed by atoms with van der Waals surface area (Å²) >= 11 is 3.38. The highest BCUT2D eigenvalue weighted by atomic mass is 79.9. The lowest BCUT2D eigenvalue weighted by molar-refractivity contribution is -0.123. The van der Waals surface area contributed by atoms with Crippen molar-refractivity contribution in [3.63, 3.8) is 0 Å². The Balaban J connectivity index is 1.87. The number of rotatable bonds is 5. The fourth-order valence-electron chi connectivity index (χ4n) is 1.92. The predicted molar refractivity (Wildman–Crippen MR) is 87.4 cm³/mol. The van der Waals surface area contributed by atoms with Crippen LogP contribution in [0.4, 0.5) is 0 Å². The van der Waals surface area contributed by atoms with Gasteiger partial charge in [0.1, 0.15) is 5.75 Å². The second-order valence-electron chi connectivity index (χ2n) is 4.77. The molecule has 5 heteroatoms. The van der Waals surface area contributed by atoms with Crippen LogP contribution in [0.2, 0.25) is 0 Å². The standard InChI is InChI=1S/C17H15BrN2O2/c1-12(14-5-7-15(18)8-6-14)20-17(21)11-22-16-4-2-3-13(9-16)10-19/h2-9,12H,11H2,1H3,(H,20,21). The Bertz CT molecular complexity index is 693. The second kappa shape index (κ2) is 7.62. The Labute approximate surface area is 137 Å². The fraction of sp³-hybridized carbons (Fsp3) is 0.176. The third-order valence-corrected chi connectivity index (χ3v) is 3.61. The molecule has 1 amide bonds. The van der Waals surface area contributed by atoms with Crippen LogP contribution in [0.3, 0.4) is 0 Å². The van der Waals surface area contributed by atoms with E-state index in [1.54, 1.807) is 24.3 Å². The number of amides is 1. The number of carbonyl (C=O) groups excluding carboxylic acids is 1. The Morgan fingerprint density at radius 1 is 1.32 bits per heavy atom. The van der Waals surface area contributed by atoms with Gasteiger partial charge < -0.3 is 10.1 Å². The minimum atomic E-state index is -0.210. The van der Waals surface area contributed by atoms with Gasteiger partial charge >= 0.3 is 0 Å². The minimum Gasteiger partial charge on any atom is -0.484 e. The van der Waals surface area contributed by atoms with Crippen molar-refractivity contribution in [2.45, 2.75) is 13.0 Å². The van der Waals surface area contributed by atoms with Crippen LogP contribution in [0.25, 0.3) is 0 Å². The number of nitriles is 1. The number of carbonyl (C=O) groups is 1. The van der Waals surface area contributed by atoms with E-state index in [4.69, 9.17) is 10.00 Å². The van der Waals surface area contributed by atoms with Gasteiger partial charge in [0.05, 0.1) is 17.7 Å². The van der Waals surface area contributed by atoms with Crippen LogP contribution in [0.1, 0.15) is 24.1 Å². The van der Waals surface area contributed by atoms with Crippen LogP contribution in [-0.4, -0.2) is 12.5 Å². The molecule has 0 aliphatic rings. The Hall–Kier alpha value is -2.32. The van der Waals surface area contributed by atoms with E-state index in [-0.39, 0.29) is 18.6 Å². The highest BCUT2D eigenvalue weighted by Gasteiger charge is 2.10. The van der Waals surface area contributed by atoms with Gasteiger partial charge in [-0.05, 0) is 42.8 Å². The van der Waals surface area contributed by atoms with Crippen molar-refractivity contribution < 1.29 is 9.53 Å². The molecule has 0 spiro atoms. The van der Waals surface area contributed by atoms with Crippen LogP contribution in [-0.2, 0) is 4.79 Å². The van der Waals surface area contributed by atoms with E-state index in [9.17, 15) is 4.79 Å². The van der Waals surface area contributed by atoms with E-state index in [0.29, 0.717) is 11.3 Å². The minimum absolute atomic E-state index is 0.0875. The SMILES string of the molecule is CC(NC(=O)COc1cccc(C#N)c1)c1ccc(Br)cc1. The maximum atomic E-state index is 11.9. The quantitative estimate of drug-likeness (QED) is 0.888. The number of nitrogens with zero attached hydrogens (tertiary/aromatic N) is 1. The molecule has 0 heterocycles. The van der Waals surface area contributed by atoms with Gasteiger partial charge in [-0.2, -0.15) is 5.26 Å².